The van der Waals surface area contributed by atoms with Crippen molar-refractivity contribution in [2.45, 2.75) is 0 Å². The van der Waals surface area contributed by atoms with E-state index in [4.69, 9.17) is 0 Å². The fourth-order valence-corrected chi connectivity index (χ4v) is 0. The van der Waals surface area contributed by atoms with Crippen LogP contribution in [-0.2, 0) is 32.7 Å². The van der Waals surface area contributed by atoms with Crippen LogP contribution in [0.2, 0.25) is 0 Å². The summed E-state index contributed by atoms with van der Waals surface area (Å²) in [6.07, 6.45) is 0. The third-order valence-electron chi connectivity index (χ3n) is 0. The van der Waals surface area contributed by atoms with Crippen LogP contribution in [0.25, 0.3) is 0 Å². The average molecular weight is 154 g/mol. The summed E-state index contributed by atoms with van der Waals surface area (Å²) >= 11 is 0. The van der Waals surface area contributed by atoms with Gasteiger partial charge >= 0.3 is 0 Å². The Morgan fingerprint density at radius 2 is 1.00 bits per heavy atom. The fraction of sp³-hybridized carbons (Fsp3) is 0. The van der Waals surface area contributed by atoms with E-state index in [-0.39, 0.29) is 61.7 Å². The van der Waals surface area contributed by atoms with Crippen molar-refractivity contribution in [2.24, 2.45) is 0 Å². The van der Waals surface area contributed by atoms with E-state index < -0.39 is 0 Å². The Morgan fingerprint density at radius 1 is 1.00 bits per heavy atom. The maximum atomic E-state index is 0. The van der Waals surface area contributed by atoms with Crippen molar-refractivity contribution in [3.63, 3.8) is 0 Å². The number of hydrogen-bond donors (Lipinski definition) is 1. The molecular formula is H8AlNOY. The van der Waals surface area contributed by atoms with E-state index in [2.05, 4.69) is 0 Å². The Hall–Kier alpha value is 1.56. The smallest absolute Gasteiger partial charge is 0.187 e. The van der Waals surface area contributed by atoms with E-state index in [1.807, 2.05) is 0 Å². The minimum Gasteiger partial charge on any atom is -0.412 e. The van der Waals surface area contributed by atoms with Gasteiger partial charge in [0, 0.05) is 32.7 Å². The van der Waals surface area contributed by atoms with Crippen LogP contribution >= 0.6 is 0 Å². The molecule has 4 heavy (non-hydrogen) atoms. The molecule has 0 aliphatic rings. The molecule has 0 aromatic rings. The standard InChI is InChI=1S/Al.H3N.H2O.Y.3H/h;1H3;1H2;;;;. The Kier molecular flexibility index (Phi) is 283. The van der Waals surface area contributed by atoms with Gasteiger partial charge in [-0.25, -0.2) is 0 Å². The van der Waals surface area contributed by atoms with Gasteiger partial charge < -0.3 is 11.6 Å². The third-order valence-corrected chi connectivity index (χ3v) is 0. The largest absolute Gasteiger partial charge is 0.412 e. The van der Waals surface area contributed by atoms with E-state index in [1.54, 1.807) is 0 Å². The fourth-order valence-electron chi connectivity index (χ4n) is 0. The van der Waals surface area contributed by atoms with Gasteiger partial charge in [0.25, 0.3) is 0 Å². The zero-order chi connectivity index (χ0) is 0. The van der Waals surface area contributed by atoms with E-state index in [0.29, 0.717) is 0 Å². The van der Waals surface area contributed by atoms with Crippen molar-refractivity contribution in [1.29, 1.82) is 0 Å². The van der Waals surface area contributed by atoms with E-state index >= 15 is 0 Å². The van der Waals surface area contributed by atoms with Crippen LogP contribution in [0.4, 0.5) is 0 Å². The molecule has 2 nitrogen and oxygen atoms in total. The van der Waals surface area contributed by atoms with Gasteiger partial charge in [-0.3, -0.25) is 0 Å². The summed E-state index contributed by atoms with van der Waals surface area (Å²) in [4.78, 5) is 0. The molecule has 0 aliphatic heterocycles. The van der Waals surface area contributed by atoms with E-state index in [0.717, 1.165) is 0 Å². The Labute approximate surface area is 61.2 Å². The summed E-state index contributed by atoms with van der Waals surface area (Å²) in [5, 5.41) is 0. The summed E-state index contributed by atoms with van der Waals surface area (Å²) in [6.45, 7) is 0. The molecule has 0 aromatic heterocycles. The molecule has 5 N–H and O–H groups in total. The molecule has 0 fully saturated rings. The van der Waals surface area contributed by atoms with Gasteiger partial charge in [0.05, 0.1) is 0 Å². The van der Waals surface area contributed by atoms with Crippen LogP contribution in [0.3, 0.4) is 0 Å². The Bertz CT molecular complexity index is 8.00. The van der Waals surface area contributed by atoms with E-state index in [1.165, 1.54) is 0 Å². The SMILES string of the molecule is N.O.[AlH3].[Y]. The summed E-state index contributed by atoms with van der Waals surface area (Å²) in [7, 11) is 0. The molecule has 0 heterocycles. The summed E-state index contributed by atoms with van der Waals surface area (Å²) in [5.74, 6) is 0. The average Bonchev–Trinajstić information content (AvgIpc) is 0. The van der Waals surface area contributed by atoms with E-state index in [9.17, 15) is 0 Å². The Balaban J connectivity index is 0. The molecule has 0 amide bonds. The van der Waals surface area contributed by atoms with Crippen LogP contribution < -0.4 is 6.15 Å². The number of hydrogen-bond acceptors (Lipinski definition) is 1. The molecule has 0 aliphatic carbocycles. The topological polar surface area (TPSA) is 66.5 Å². The molecule has 0 saturated carbocycles. The van der Waals surface area contributed by atoms with Crippen LogP contribution in [-0.4, -0.2) is 22.8 Å². The van der Waals surface area contributed by atoms with Crippen LogP contribution in [0.5, 0.6) is 0 Å². The second kappa shape index (κ2) is 23.8. The van der Waals surface area contributed by atoms with Crippen molar-refractivity contribution < 1.29 is 38.2 Å². The predicted octanol–water partition coefficient (Wildman–Crippen LogP) is -1.85. The van der Waals surface area contributed by atoms with Gasteiger partial charge in [0.15, 0.2) is 17.4 Å². The first-order valence-electron chi connectivity index (χ1n) is 0. The first kappa shape index (κ1) is 47.6. The van der Waals surface area contributed by atoms with Gasteiger partial charge in [0.1, 0.15) is 0 Å². The molecule has 25 valence electrons. The van der Waals surface area contributed by atoms with Gasteiger partial charge in [-0.1, -0.05) is 0 Å². The Morgan fingerprint density at radius 3 is 1.00 bits per heavy atom. The molecule has 0 saturated heterocycles. The zero-order valence-corrected chi connectivity index (χ0v) is 4.62. The summed E-state index contributed by atoms with van der Waals surface area (Å²) in [6, 6.07) is 0. The second-order valence-electron chi connectivity index (χ2n) is 0. The minimum absolute atomic E-state index is 0. The molecule has 0 atom stereocenters. The van der Waals surface area contributed by atoms with Crippen molar-refractivity contribution in [3.8, 4) is 0 Å². The quantitative estimate of drug-likeness (QED) is 0.409. The minimum atomic E-state index is 0. The second-order valence-corrected chi connectivity index (χ2v) is 0. The van der Waals surface area contributed by atoms with Crippen molar-refractivity contribution in [2.75, 3.05) is 0 Å². The molecular weight excluding hydrogens is 146 g/mol. The molecule has 0 unspecified atom stereocenters. The normalized spacial score (nSPS) is 0. The molecule has 0 aromatic carbocycles. The third kappa shape index (κ3) is 9.59. The van der Waals surface area contributed by atoms with Crippen molar-refractivity contribution in [1.82, 2.24) is 6.15 Å². The molecule has 4 heteroatoms. The number of rotatable bonds is 0. The van der Waals surface area contributed by atoms with Crippen LogP contribution in [0.15, 0.2) is 0 Å². The maximum absolute atomic E-state index is 0. The van der Waals surface area contributed by atoms with Gasteiger partial charge in [-0.05, 0) is 0 Å². The summed E-state index contributed by atoms with van der Waals surface area (Å²) in [5.41, 5.74) is 0. The van der Waals surface area contributed by atoms with Crippen LogP contribution in [0.1, 0.15) is 0 Å². The van der Waals surface area contributed by atoms with Crippen molar-refractivity contribution in [3.05, 3.63) is 0 Å². The van der Waals surface area contributed by atoms with Gasteiger partial charge in [-0.2, -0.15) is 0 Å². The predicted molar refractivity (Wildman–Crippen MR) is 18.6 cm³/mol. The first-order chi connectivity index (χ1) is 0. The molecule has 1 radical (unpaired) electrons. The maximum Gasteiger partial charge on any atom is 0.187 e. The molecule has 0 rings (SSSR count). The monoisotopic (exact) mass is 154 g/mol. The molecule has 0 bridgehead atoms. The van der Waals surface area contributed by atoms with Crippen LogP contribution in [0, 0.1) is 0 Å². The van der Waals surface area contributed by atoms with Gasteiger partial charge in [0.2, 0.25) is 0 Å². The zero-order valence-electron chi connectivity index (χ0n) is 1.78. The summed E-state index contributed by atoms with van der Waals surface area (Å²) < 4.78 is 0. The van der Waals surface area contributed by atoms with Crippen molar-refractivity contribution >= 4 is 17.4 Å². The van der Waals surface area contributed by atoms with Gasteiger partial charge in [-0.15, -0.1) is 0 Å². The molecule has 0 spiro atoms. The first-order valence-corrected chi connectivity index (χ1v) is 0.